The molecule has 0 aromatic heterocycles. The number of benzene rings is 1. The second-order valence-electron chi connectivity index (χ2n) is 8.52. The van der Waals surface area contributed by atoms with Crippen molar-refractivity contribution in [2.24, 2.45) is 17.3 Å². The molecule has 140 valence electrons. The van der Waals surface area contributed by atoms with Crippen molar-refractivity contribution in [2.45, 2.75) is 49.3 Å². The molecule has 2 atom stereocenters. The number of halogens is 2. The highest BCUT2D eigenvalue weighted by atomic mass is 79.9. The maximum atomic E-state index is 12.8. The zero-order chi connectivity index (χ0) is 18.5. The molecule has 4 aliphatic carbocycles. The third-order valence-electron chi connectivity index (χ3n) is 6.31. The van der Waals surface area contributed by atoms with E-state index in [9.17, 15) is 9.59 Å². The molecule has 4 aliphatic rings. The number of anilines is 1. The molecular weight excluding hydrogens is 418 g/mol. The first-order valence-corrected chi connectivity index (χ1v) is 10.3. The molecule has 2 unspecified atom stereocenters. The molecule has 0 spiro atoms. The van der Waals surface area contributed by atoms with Crippen LogP contribution in [0.25, 0.3) is 0 Å². The number of rotatable bonds is 4. The molecule has 0 saturated heterocycles. The van der Waals surface area contributed by atoms with Gasteiger partial charge in [-0.15, -0.1) is 0 Å². The van der Waals surface area contributed by atoms with Gasteiger partial charge >= 0.3 is 5.97 Å². The summed E-state index contributed by atoms with van der Waals surface area (Å²) in [6.07, 6.45) is 7.73. The average molecular weight is 441 g/mol. The minimum absolute atomic E-state index is 0.0213. The fourth-order valence-electron chi connectivity index (χ4n) is 5.94. The third-order valence-corrected chi connectivity index (χ3v) is 7.57. The number of methoxy groups -OCH3 is 1. The maximum absolute atomic E-state index is 12.8. The molecule has 1 aromatic carbocycles. The first-order chi connectivity index (χ1) is 12.3. The molecule has 4 fully saturated rings. The van der Waals surface area contributed by atoms with Gasteiger partial charge in [0.25, 0.3) is 0 Å². The Balaban J connectivity index is 1.49. The smallest absolute Gasteiger partial charge is 0.337 e. The van der Waals surface area contributed by atoms with Gasteiger partial charge in [-0.3, -0.25) is 4.79 Å². The lowest BCUT2D eigenvalue weighted by atomic mass is 9.48. The van der Waals surface area contributed by atoms with E-state index in [1.165, 1.54) is 26.4 Å². The van der Waals surface area contributed by atoms with Crippen LogP contribution < -0.4 is 5.32 Å². The van der Waals surface area contributed by atoms with Crippen LogP contribution in [0, 0.1) is 17.3 Å². The molecule has 26 heavy (non-hydrogen) atoms. The molecule has 0 aliphatic heterocycles. The van der Waals surface area contributed by atoms with E-state index in [0.29, 0.717) is 22.7 Å². The van der Waals surface area contributed by atoms with E-state index >= 15 is 0 Å². The summed E-state index contributed by atoms with van der Waals surface area (Å²) in [6, 6.07) is 4.79. The fraction of sp³-hybridized carbons (Fsp3) is 0.600. The van der Waals surface area contributed by atoms with Crippen molar-refractivity contribution >= 4 is 45.1 Å². The average Bonchev–Trinajstić information content (AvgIpc) is 2.53. The van der Waals surface area contributed by atoms with E-state index in [1.807, 2.05) is 0 Å². The van der Waals surface area contributed by atoms with Crippen LogP contribution in [0.15, 0.2) is 18.2 Å². The Morgan fingerprint density at radius 2 is 1.96 bits per heavy atom. The predicted molar refractivity (Wildman–Crippen MR) is 105 cm³/mol. The highest BCUT2D eigenvalue weighted by Gasteiger charge is 2.57. The lowest BCUT2D eigenvalue weighted by molar-refractivity contribution is -0.123. The van der Waals surface area contributed by atoms with Gasteiger partial charge in [-0.05, 0) is 74.0 Å². The Morgan fingerprint density at radius 3 is 2.58 bits per heavy atom. The Hall–Kier alpha value is -1.07. The number of esters is 1. The van der Waals surface area contributed by atoms with E-state index in [4.69, 9.17) is 16.3 Å². The van der Waals surface area contributed by atoms with Crippen LogP contribution >= 0.6 is 27.5 Å². The first kappa shape index (κ1) is 18.3. The molecular formula is C20H23BrClNO3. The standard InChI is InChI=1S/C20H23BrClNO3/c1-26-18(25)14-2-3-15(22)16(5-14)23-17(24)10-19-6-12-4-13(7-19)9-20(21,8-12)11-19/h2-3,5,12-13H,4,6-11H2,1H3,(H,23,24). The second kappa shape index (κ2) is 6.52. The zero-order valence-corrected chi connectivity index (χ0v) is 17.2. The minimum Gasteiger partial charge on any atom is -0.465 e. The van der Waals surface area contributed by atoms with Crippen molar-refractivity contribution in [3.8, 4) is 0 Å². The van der Waals surface area contributed by atoms with Crippen molar-refractivity contribution in [3.05, 3.63) is 28.8 Å². The Bertz CT molecular complexity index is 751. The van der Waals surface area contributed by atoms with Crippen molar-refractivity contribution in [3.63, 3.8) is 0 Å². The summed E-state index contributed by atoms with van der Waals surface area (Å²) in [5, 5.41) is 3.35. The summed E-state index contributed by atoms with van der Waals surface area (Å²) < 4.78 is 4.97. The first-order valence-electron chi connectivity index (χ1n) is 9.16. The summed E-state index contributed by atoms with van der Waals surface area (Å²) in [5.74, 6) is 1.02. The predicted octanol–water partition coefficient (Wildman–Crippen LogP) is 5.19. The Morgan fingerprint density at radius 1 is 1.27 bits per heavy atom. The largest absolute Gasteiger partial charge is 0.465 e. The number of ether oxygens (including phenoxy) is 1. The summed E-state index contributed by atoms with van der Waals surface area (Å²) >= 11 is 10.2. The lowest BCUT2D eigenvalue weighted by Gasteiger charge is -2.60. The van der Waals surface area contributed by atoms with Gasteiger partial charge in [0.2, 0.25) is 5.91 Å². The number of hydrogen-bond acceptors (Lipinski definition) is 3. The monoisotopic (exact) mass is 439 g/mol. The zero-order valence-electron chi connectivity index (χ0n) is 14.8. The summed E-state index contributed by atoms with van der Waals surface area (Å²) in [7, 11) is 1.33. The van der Waals surface area contributed by atoms with Crippen LogP contribution in [0.5, 0.6) is 0 Å². The summed E-state index contributed by atoms with van der Waals surface area (Å²) in [5.41, 5.74) is 0.948. The van der Waals surface area contributed by atoms with Gasteiger partial charge < -0.3 is 10.1 Å². The van der Waals surface area contributed by atoms with Crippen LogP contribution in [-0.4, -0.2) is 23.3 Å². The van der Waals surface area contributed by atoms with Gasteiger partial charge in [0.1, 0.15) is 0 Å². The van der Waals surface area contributed by atoms with E-state index in [2.05, 4.69) is 21.2 Å². The van der Waals surface area contributed by atoms with E-state index in [1.54, 1.807) is 18.2 Å². The van der Waals surface area contributed by atoms with Crippen LogP contribution in [0.1, 0.15) is 55.3 Å². The van der Waals surface area contributed by atoms with Crippen molar-refractivity contribution in [1.82, 2.24) is 0 Å². The molecule has 4 saturated carbocycles. The van der Waals surface area contributed by atoms with E-state index in [-0.39, 0.29) is 15.6 Å². The van der Waals surface area contributed by atoms with Gasteiger partial charge in [-0.2, -0.15) is 0 Å². The normalized spacial score (nSPS) is 34.6. The van der Waals surface area contributed by atoms with Crippen LogP contribution in [0.2, 0.25) is 5.02 Å². The van der Waals surface area contributed by atoms with Crippen molar-refractivity contribution in [2.75, 3.05) is 12.4 Å². The van der Waals surface area contributed by atoms with Crippen LogP contribution in [0.3, 0.4) is 0 Å². The molecule has 6 heteroatoms. The molecule has 5 rings (SSSR count). The van der Waals surface area contributed by atoms with Crippen molar-refractivity contribution in [1.29, 1.82) is 0 Å². The van der Waals surface area contributed by atoms with Crippen molar-refractivity contribution < 1.29 is 14.3 Å². The van der Waals surface area contributed by atoms with Crippen LogP contribution in [0.4, 0.5) is 5.69 Å². The molecule has 0 radical (unpaired) electrons. The number of carbonyl (C=O) groups is 2. The van der Waals surface area contributed by atoms with E-state index in [0.717, 1.165) is 31.1 Å². The Kier molecular flexibility index (Phi) is 4.59. The second-order valence-corrected chi connectivity index (χ2v) is 10.6. The summed E-state index contributed by atoms with van der Waals surface area (Å²) in [6.45, 7) is 0. The number of amides is 1. The van der Waals surface area contributed by atoms with Gasteiger partial charge in [0, 0.05) is 10.7 Å². The molecule has 4 bridgehead atoms. The number of hydrogen-bond donors (Lipinski definition) is 1. The highest BCUT2D eigenvalue weighted by Crippen LogP contribution is 2.65. The summed E-state index contributed by atoms with van der Waals surface area (Å²) in [4.78, 5) is 24.5. The maximum Gasteiger partial charge on any atom is 0.337 e. The number of nitrogens with one attached hydrogen (secondary N) is 1. The number of alkyl halides is 1. The SMILES string of the molecule is COC(=O)c1ccc(Cl)c(NC(=O)CC23CC4CC(CC(Br)(C4)C2)C3)c1. The third kappa shape index (κ3) is 3.40. The molecule has 1 amide bonds. The highest BCUT2D eigenvalue weighted by molar-refractivity contribution is 9.10. The quantitative estimate of drug-likeness (QED) is 0.518. The minimum atomic E-state index is -0.445. The molecule has 1 aromatic rings. The number of carbonyl (C=O) groups excluding carboxylic acids is 2. The van der Waals surface area contributed by atoms with Gasteiger partial charge in [-0.25, -0.2) is 4.79 Å². The van der Waals surface area contributed by atoms with Gasteiger partial charge in [0.15, 0.2) is 0 Å². The molecule has 0 heterocycles. The Labute approximate surface area is 167 Å². The molecule has 1 N–H and O–H groups in total. The van der Waals surface area contributed by atoms with E-state index < -0.39 is 5.97 Å². The fourth-order valence-corrected chi connectivity index (χ4v) is 7.62. The van der Waals surface area contributed by atoms with Gasteiger partial charge in [-0.1, -0.05) is 27.5 Å². The topological polar surface area (TPSA) is 55.4 Å². The molecule has 4 nitrogen and oxygen atoms in total. The lowest BCUT2D eigenvalue weighted by Crippen LogP contribution is -2.53. The van der Waals surface area contributed by atoms with Crippen LogP contribution in [-0.2, 0) is 9.53 Å². The van der Waals surface area contributed by atoms with Gasteiger partial charge in [0.05, 0.1) is 23.4 Å².